The predicted octanol–water partition coefficient (Wildman–Crippen LogP) is 1.95. The molecular weight excluding hydrogens is 345 g/mol. The van der Waals surface area contributed by atoms with Crippen LogP contribution in [-0.2, 0) is 18.4 Å². The third-order valence-electron chi connectivity index (χ3n) is 3.20. The van der Waals surface area contributed by atoms with E-state index in [-0.39, 0.29) is 36.8 Å². The molecule has 0 radical (unpaired) electrons. The monoisotopic (exact) mass is 365 g/mol. The molecule has 1 amide bonds. The van der Waals surface area contributed by atoms with Crippen LogP contribution in [-0.4, -0.2) is 39.7 Å². The van der Waals surface area contributed by atoms with Crippen molar-refractivity contribution in [3.05, 3.63) is 34.0 Å². The number of rotatable bonds is 5. The summed E-state index contributed by atoms with van der Waals surface area (Å²) >= 11 is 1.57. The third kappa shape index (κ3) is 4.67. The second-order valence-electron chi connectivity index (χ2n) is 4.72. The molecule has 1 atom stereocenters. The molecule has 0 aromatic carbocycles. The lowest BCUT2D eigenvalue weighted by Crippen LogP contribution is -2.37. The van der Waals surface area contributed by atoms with E-state index in [4.69, 9.17) is 0 Å². The minimum Gasteiger partial charge on any atom is -0.339 e. The Kier molecular flexibility index (Phi) is 8.62. The van der Waals surface area contributed by atoms with Crippen molar-refractivity contribution in [2.24, 2.45) is 7.05 Å². The van der Waals surface area contributed by atoms with Crippen LogP contribution in [0.25, 0.3) is 0 Å². The average Bonchev–Trinajstić information content (AvgIpc) is 3.00. The summed E-state index contributed by atoms with van der Waals surface area (Å²) in [7, 11) is 5.43. The molecule has 124 valence electrons. The van der Waals surface area contributed by atoms with Gasteiger partial charge < -0.3 is 10.2 Å². The Morgan fingerprint density at radius 2 is 2.18 bits per heavy atom. The fraction of sp³-hybridized carbons (Fsp3) is 0.462. The van der Waals surface area contributed by atoms with Crippen molar-refractivity contribution in [3.63, 3.8) is 0 Å². The maximum atomic E-state index is 12.5. The molecule has 2 rings (SSSR count). The first kappa shape index (κ1) is 20.9. The van der Waals surface area contributed by atoms with Gasteiger partial charge in [-0.15, -0.1) is 36.2 Å². The van der Waals surface area contributed by atoms with Gasteiger partial charge in [0.05, 0.1) is 23.9 Å². The first-order valence-electron chi connectivity index (χ1n) is 6.32. The van der Waals surface area contributed by atoms with Gasteiger partial charge in [-0.1, -0.05) is 0 Å². The van der Waals surface area contributed by atoms with Crippen LogP contribution < -0.4 is 5.32 Å². The molecule has 2 aromatic heterocycles. The molecule has 0 aliphatic heterocycles. The van der Waals surface area contributed by atoms with E-state index in [0.29, 0.717) is 6.54 Å². The van der Waals surface area contributed by atoms with Crippen molar-refractivity contribution < 1.29 is 4.79 Å². The van der Waals surface area contributed by atoms with E-state index < -0.39 is 0 Å². The SMILES string of the molecule is CNC(C(=O)N(C)Cc1scnc1C)c1cnn(C)c1.Cl.Cl. The number of carbonyl (C=O) groups excluding carboxylic acids is 1. The van der Waals surface area contributed by atoms with Crippen molar-refractivity contribution in [2.45, 2.75) is 19.5 Å². The fourth-order valence-corrected chi connectivity index (χ4v) is 2.84. The summed E-state index contributed by atoms with van der Waals surface area (Å²) < 4.78 is 1.69. The van der Waals surface area contributed by atoms with Crippen LogP contribution in [0.4, 0.5) is 0 Å². The summed E-state index contributed by atoms with van der Waals surface area (Å²) in [5, 5.41) is 7.16. The van der Waals surface area contributed by atoms with Crippen LogP contribution in [0.2, 0.25) is 0 Å². The van der Waals surface area contributed by atoms with Gasteiger partial charge in [0.15, 0.2) is 0 Å². The molecule has 0 bridgehead atoms. The normalized spacial score (nSPS) is 11.3. The van der Waals surface area contributed by atoms with E-state index in [0.717, 1.165) is 16.1 Å². The molecule has 0 spiro atoms. The zero-order valence-corrected chi connectivity index (χ0v) is 15.4. The van der Waals surface area contributed by atoms with Gasteiger partial charge in [0.25, 0.3) is 0 Å². The smallest absolute Gasteiger partial charge is 0.244 e. The highest BCUT2D eigenvalue weighted by Gasteiger charge is 2.24. The van der Waals surface area contributed by atoms with Crippen molar-refractivity contribution >= 4 is 42.1 Å². The minimum atomic E-state index is -0.373. The Morgan fingerprint density at radius 1 is 1.50 bits per heavy atom. The van der Waals surface area contributed by atoms with Crippen LogP contribution >= 0.6 is 36.2 Å². The fourth-order valence-electron chi connectivity index (χ4n) is 2.01. The maximum Gasteiger partial charge on any atom is 0.244 e. The largest absolute Gasteiger partial charge is 0.339 e. The number of carbonyl (C=O) groups is 1. The Balaban J connectivity index is 0.00000220. The molecule has 0 aliphatic rings. The van der Waals surface area contributed by atoms with Crippen LogP contribution in [0.1, 0.15) is 22.2 Å². The Morgan fingerprint density at radius 3 is 2.64 bits per heavy atom. The van der Waals surface area contributed by atoms with Crippen LogP contribution in [0, 0.1) is 6.92 Å². The van der Waals surface area contributed by atoms with Crippen molar-refractivity contribution in [3.8, 4) is 0 Å². The highest BCUT2D eigenvalue weighted by Crippen LogP contribution is 2.18. The summed E-state index contributed by atoms with van der Waals surface area (Å²) in [6.45, 7) is 2.54. The lowest BCUT2D eigenvalue weighted by molar-refractivity contribution is -0.132. The van der Waals surface area contributed by atoms with E-state index in [1.807, 2.05) is 27.2 Å². The summed E-state index contributed by atoms with van der Waals surface area (Å²) in [5.74, 6) is 0.0216. The lowest BCUT2D eigenvalue weighted by atomic mass is 10.1. The van der Waals surface area contributed by atoms with E-state index in [9.17, 15) is 4.79 Å². The summed E-state index contributed by atoms with van der Waals surface area (Å²) in [6.07, 6.45) is 3.57. The molecule has 9 heteroatoms. The van der Waals surface area contributed by atoms with Gasteiger partial charge in [-0.25, -0.2) is 4.98 Å². The number of nitrogens with one attached hydrogen (secondary N) is 1. The predicted molar refractivity (Wildman–Crippen MR) is 92.8 cm³/mol. The summed E-state index contributed by atoms with van der Waals surface area (Å²) in [5.41, 5.74) is 3.66. The second kappa shape index (κ2) is 9.09. The quantitative estimate of drug-likeness (QED) is 0.879. The lowest BCUT2D eigenvalue weighted by Gasteiger charge is -2.22. The number of aromatic nitrogens is 3. The van der Waals surface area contributed by atoms with Gasteiger partial charge in [-0.2, -0.15) is 5.10 Å². The number of hydrogen-bond acceptors (Lipinski definition) is 5. The highest BCUT2D eigenvalue weighted by atomic mass is 35.5. The molecule has 0 saturated heterocycles. The molecule has 2 heterocycles. The third-order valence-corrected chi connectivity index (χ3v) is 4.12. The van der Waals surface area contributed by atoms with Gasteiger partial charge >= 0.3 is 0 Å². The second-order valence-corrected chi connectivity index (χ2v) is 5.66. The number of nitrogens with zero attached hydrogens (tertiary/aromatic N) is 4. The van der Waals surface area contributed by atoms with Crippen molar-refractivity contribution in [1.29, 1.82) is 0 Å². The zero-order chi connectivity index (χ0) is 14.7. The molecule has 6 nitrogen and oxygen atoms in total. The number of likely N-dealkylation sites (N-methyl/N-ethyl adjacent to an activating group) is 2. The molecule has 1 unspecified atom stereocenters. The number of amides is 1. The van der Waals surface area contributed by atoms with E-state index >= 15 is 0 Å². The number of aryl methyl sites for hydroxylation is 2. The average molecular weight is 366 g/mol. The first-order valence-corrected chi connectivity index (χ1v) is 7.20. The van der Waals surface area contributed by atoms with Crippen LogP contribution in [0.5, 0.6) is 0 Å². The van der Waals surface area contributed by atoms with E-state index in [1.165, 1.54) is 0 Å². The van der Waals surface area contributed by atoms with Gasteiger partial charge in [0.1, 0.15) is 6.04 Å². The van der Waals surface area contributed by atoms with Crippen molar-refractivity contribution in [1.82, 2.24) is 25.0 Å². The van der Waals surface area contributed by atoms with Gasteiger partial charge in [-0.05, 0) is 14.0 Å². The standard InChI is InChI=1S/C13H19N5OS.2ClH/c1-9-11(20-8-15-9)7-17(3)13(19)12(14-2)10-5-16-18(4)6-10;;/h5-6,8,12,14H,7H2,1-4H3;2*1H. The zero-order valence-electron chi connectivity index (χ0n) is 12.9. The van der Waals surface area contributed by atoms with Gasteiger partial charge in [0.2, 0.25) is 5.91 Å². The van der Waals surface area contributed by atoms with Gasteiger partial charge in [-0.3, -0.25) is 9.48 Å². The number of halogens is 2. The summed E-state index contributed by atoms with van der Waals surface area (Å²) in [4.78, 5) is 19.6. The minimum absolute atomic E-state index is 0. The molecule has 2 aromatic rings. The van der Waals surface area contributed by atoms with Crippen molar-refractivity contribution in [2.75, 3.05) is 14.1 Å². The molecular formula is C13H21Cl2N5OS. The van der Waals surface area contributed by atoms with Gasteiger partial charge in [0, 0.05) is 30.7 Å². The summed E-state index contributed by atoms with van der Waals surface area (Å²) in [6, 6.07) is -0.373. The van der Waals surface area contributed by atoms with Crippen LogP contribution in [0.3, 0.4) is 0 Å². The molecule has 22 heavy (non-hydrogen) atoms. The molecule has 0 saturated carbocycles. The number of thiazole rings is 1. The highest BCUT2D eigenvalue weighted by molar-refractivity contribution is 7.09. The Hall–Kier alpha value is -1.15. The first-order chi connectivity index (χ1) is 9.52. The van der Waals surface area contributed by atoms with Crippen LogP contribution in [0.15, 0.2) is 17.9 Å². The van der Waals surface area contributed by atoms with E-state index in [1.54, 1.807) is 39.7 Å². The molecule has 0 aliphatic carbocycles. The Bertz CT molecular complexity index is 601. The topological polar surface area (TPSA) is 63.1 Å². The maximum absolute atomic E-state index is 12.5. The van der Waals surface area contributed by atoms with E-state index in [2.05, 4.69) is 15.4 Å². The Labute approximate surface area is 146 Å². The molecule has 1 N–H and O–H groups in total. The number of hydrogen-bond donors (Lipinski definition) is 1. The molecule has 0 fully saturated rings.